The third kappa shape index (κ3) is 2.67. The highest BCUT2D eigenvalue weighted by atomic mass is 127. The van der Waals surface area contributed by atoms with Crippen LogP contribution in [0.3, 0.4) is 0 Å². The van der Waals surface area contributed by atoms with Gasteiger partial charge in [-0.2, -0.15) is 0 Å². The van der Waals surface area contributed by atoms with Crippen LogP contribution < -0.4 is 5.32 Å². The van der Waals surface area contributed by atoms with Gasteiger partial charge >= 0.3 is 0 Å². The third-order valence-corrected chi connectivity index (χ3v) is 3.55. The molecule has 0 bridgehead atoms. The molecule has 0 aliphatic heterocycles. The van der Waals surface area contributed by atoms with Crippen molar-refractivity contribution in [2.45, 2.75) is 22.9 Å². The third-order valence-electron chi connectivity index (χ3n) is 2.88. The smallest absolute Gasteiger partial charge is 0.250 e. The van der Waals surface area contributed by atoms with Crippen LogP contribution in [-0.4, -0.2) is 39.5 Å². The lowest BCUT2D eigenvalue weighted by atomic mass is 10.1. The molecule has 0 radical (unpaired) electrons. The van der Waals surface area contributed by atoms with Crippen LogP contribution in [0.4, 0.5) is 0 Å². The maximum atomic E-state index is 12.3. The van der Waals surface area contributed by atoms with E-state index >= 15 is 0 Å². The number of rotatable bonds is 7. The van der Waals surface area contributed by atoms with E-state index in [-0.39, 0.29) is 22.4 Å². The van der Waals surface area contributed by atoms with Crippen molar-refractivity contribution in [2.75, 3.05) is 6.54 Å². The zero-order chi connectivity index (χ0) is 13.1. The van der Waals surface area contributed by atoms with E-state index in [1.165, 1.54) is 11.1 Å². The van der Waals surface area contributed by atoms with Crippen molar-refractivity contribution in [1.82, 2.24) is 10.2 Å². The van der Waals surface area contributed by atoms with Gasteiger partial charge in [-0.3, -0.25) is 4.79 Å². The molecule has 0 aromatic rings. The van der Waals surface area contributed by atoms with E-state index in [2.05, 4.69) is 34.5 Å². The SMILES string of the molecule is C=CNC1(C(=O)N(CC=O)[C@H](C)I)CC1C=O. The Labute approximate surface area is 114 Å². The maximum absolute atomic E-state index is 12.3. The Balaban J connectivity index is 2.88. The first-order valence-corrected chi connectivity index (χ1v) is 6.50. The fourth-order valence-corrected chi connectivity index (χ4v) is 2.31. The number of carbonyl (C=O) groups excluding carboxylic acids is 3. The number of halogens is 1. The van der Waals surface area contributed by atoms with Gasteiger partial charge in [0.05, 0.1) is 10.6 Å². The van der Waals surface area contributed by atoms with Gasteiger partial charge in [0.2, 0.25) is 5.91 Å². The van der Waals surface area contributed by atoms with Gasteiger partial charge in [-0.05, 0) is 19.5 Å². The summed E-state index contributed by atoms with van der Waals surface area (Å²) in [6.07, 6.45) is 3.33. The molecule has 0 saturated heterocycles. The van der Waals surface area contributed by atoms with Crippen molar-refractivity contribution in [1.29, 1.82) is 0 Å². The molecular weight excluding hydrogens is 335 g/mol. The molecule has 1 amide bonds. The van der Waals surface area contributed by atoms with Crippen LogP contribution in [-0.2, 0) is 14.4 Å². The average Bonchev–Trinajstić information content (AvgIpc) is 3.00. The second-order valence-electron chi connectivity index (χ2n) is 3.96. The monoisotopic (exact) mass is 350 g/mol. The number of aldehydes is 2. The Hall–Kier alpha value is -0.920. The number of amides is 1. The number of hydrogen-bond acceptors (Lipinski definition) is 4. The molecule has 1 saturated carbocycles. The Morgan fingerprint density at radius 3 is 2.71 bits per heavy atom. The van der Waals surface area contributed by atoms with Gasteiger partial charge in [0.15, 0.2) is 0 Å². The van der Waals surface area contributed by atoms with E-state index in [0.29, 0.717) is 12.7 Å². The van der Waals surface area contributed by atoms with Crippen LogP contribution in [0, 0.1) is 5.92 Å². The highest BCUT2D eigenvalue weighted by molar-refractivity contribution is 14.1. The fourth-order valence-electron chi connectivity index (χ4n) is 1.83. The molecule has 94 valence electrons. The van der Waals surface area contributed by atoms with Crippen LogP contribution in [0.25, 0.3) is 0 Å². The molecule has 17 heavy (non-hydrogen) atoms. The Kier molecular flexibility index (Phi) is 4.67. The summed E-state index contributed by atoms with van der Waals surface area (Å²) in [6, 6.07) is 0. The summed E-state index contributed by atoms with van der Waals surface area (Å²) in [5.74, 6) is -0.555. The largest absolute Gasteiger partial charge is 0.377 e. The quantitative estimate of drug-likeness (QED) is 0.314. The summed E-state index contributed by atoms with van der Waals surface area (Å²) < 4.78 is -0.110. The Bertz CT molecular complexity index is 346. The molecule has 5 nitrogen and oxygen atoms in total. The molecular formula is C11H15IN2O3. The van der Waals surface area contributed by atoms with Gasteiger partial charge in [-0.1, -0.05) is 29.2 Å². The Morgan fingerprint density at radius 1 is 1.71 bits per heavy atom. The number of hydrogen-bond donors (Lipinski definition) is 1. The van der Waals surface area contributed by atoms with E-state index in [0.717, 1.165) is 6.29 Å². The minimum Gasteiger partial charge on any atom is -0.377 e. The average molecular weight is 350 g/mol. The van der Waals surface area contributed by atoms with Crippen molar-refractivity contribution in [3.05, 3.63) is 12.8 Å². The van der Waals surface area contributed by atoms with Crippen LogP contribution >= 0.6 is 22.6 Å². The molecule has 1 N–H and O–H groups in total. The van der Waals surface area contributed by atoms with E-state index < -0.39 is 5.54 Å². The van der Waals surface area contributed by atoms with Gasteiger partial charge in [-0.15, -0.1) is 0 Å². The molecule has 1 fully saturated rings. The van der Waals surface area contributed by atoms with Crippen LogP contribution in [0.2, 0.25) is 0 Å². The number of carbonyl (C=O) groups is 3. The minimum absolute atomic E-state index is 0.0368. The second-order valence-corrected chi connectivity index (χ2v) is 5.77. The highest BCUT2D eigenvalue weighted by Gasteiger charge is 2.61. The number of nitrogens with zero attached hydrogens (tertiary/aromatic N) is 1. The maximum Gasteiger partial charge on any atom is 0.250 e. The first kappa shape index (κ1) is 14.1. The molecule has 1 rings (SSSR count). The second kappa shape index (κ2) is 5.61. The molecule has 1 aliphatic rings. The summed E-state index contributed by atoms with van der Waals surface area (Å²) in [5, 5.41) is 2.85. The van der Waals surface area contributed by atoms with Gasteiger partial charge in [-0.25, -0.2) is 0 Å². The van der Waals surface area contributed by atoms with E-state index in [4.69, 9.17) is 0 Å². The van der Waals surface area contributed by atoms with Gasteiger partial charge in [0.1, 0.15) is 18.1 Å². The lowest BCUT2D eigenvalue weighted by Gasteiger charge is -2.28. The van der Waals surface area contributed by atoms with Crippen molar-refractivity contribution in [2.24, 2.45) is 5.92 Å². The van der Waals surface area contributed by atoms with Crippen molar-refractivity contribution < 1.29 is 14.4 Å². The van der Waals surface area contributed by atoms with Crippen molar-refractivity contribution >= 4 is 41.1 Å². The van der Waals surface area contributed by atoms with E-state index in [1.807, 2.05) is 6.92 Å². The molecule has 3 atom stereocenters. The zero-order valence-corrected chi connectivity index (χ0v) is 11.7. The molecule has 0 spiro atoms. The fraction of sp³-hybridized carbons (Fsp3) is 0.545. The Morgan fingerprint density at radius 2 is 2.35 bits per heavy atom. The highest BCUT2D eigenvalue weighted by Crippen LogP contribution is 2.43. The molecule has 1 aliphatic carbocycles. The summed E-state index contributed by atoms with van der Waals surface area (Å²) in [6.45, 7) is 5.38. The van der Waals surface area contributed by atoms with E-state index in [9.17, 15) is 14.4 Å². The first-order valence-electron chi connectivity index (χ1n) is 5.26. The molecule has 0 aromatic heterocycles. The predicted molar refractivity (Wildman–Crippen MR) is 71.5 cm³/mol. The van der Waals surface area contributed by atoms with Crippen LogP contribution in [0.5, 0.6) is 0 Å². The molecule has 0 aromatic carbocycles. The summed E-state index contributed by atoms with van der Waals surface area (Å²) >= 11 is 2.06. The van der Waals surface area contributed by atoms with Gasteiger partial charge < -0.3 is 19.8 Å². The van der Waals surface area contributed by atoms with E-state index in [1.54, 1.807) is 0 Å². The number of alkyl halides is 1. The van der Waals surface area contributed by atoms with Crippen LogP contribution in [0.15, 0.2) is 12.8 Å². The standard InChI is InChI=1S/C11H15IN2O3/c1-3-13-11(6-9(11)7-16)10(17)14(4-5-15)8(2)12/h3,5,7-9,13H,1,4,6H2,2H3/t8-,9?,11?/m1/s1. The first-order chi connectivity index (χ1) is 8.03. The van der Waals surface area contributed by atoms with Crippen molar-refractivity contribution in [3.63, 3.8) is 0 Å². The summed E-state index contributed by atoms with van der Waals surface area (Å²) in [5.41, 5.74) is -0.883. The summed E-state index contributed by atoms with van der Waals surface area (Å²) in [7, 11) is 0. The minimum atomic E-state index is -0.883. The lowest BCUT2D eigenvalue weighted by Crippen LogP contribution is -2.50. The van der Waals surface area contributed by atoms with Gasteiger partial charge in [0.25, 0.3) is 0 Å². The molecule has 6 heteroatoms. The topological polar surface area (TPSA) is 66.5 Å². The predicted octanol–water partition coefficient (Wildman–Crippen LogP) is 0.486. The molecule has 0 heterocycles. The van der Waals surface area contributed by atoms with Crippen molar-refractivity contribution in [3.8, 4) is 0 Å². The van der Waals surface area contributed by atoms with Crippen LogP contribution in [0.1, 0.15) is 13.3 Å². The zero-order valence-electron chi connectivity index (χ0n) is 9.56. The normalized spacial score (nSPS) is 27.8. The lowest BCUT2D eigenvalue weighted by molar-refractivity contribution is -0.137. The van der Waals surface area contributed by atoms with Gasteiger partial charge in [0, 0.05) is 5.92 Å². The summed E-state index contributed by atoms with van der Waals surface area (Å²) in [4.78, 5) is 35.1. The number of nitrogens with one attached hydrogen (secondary N) is 1. The molecule has 2 unspecified atom stereocenters.